The van der Waals surface area contributed by atoms with Crippen LogP contribution in [0.3, 0.4) is 0 Å². The Morgan fingerprint density at radius 2 is 1.84 bits per heavy atom. The van der Waals surface area contributed by atoms with Crippen molar-refractivity contribution in [3.63, 3.8) is 0 Å². The van der Waals surface area contributed by atoms with Crippen LogP contribution in [0.15, 0.2) is 77.4 Å². The van der Waals surface area contributed by atoms with Gasteiger partial charge in [-0.15, -0.1) is 0 Å². The SMILES string of the molecule is C=C/C=C(NC(=O)CN(c1cc(OC)ccc1OC)S(=O)(=O)C(/C=C\C)=C/C)\C(C)=C/C. The molecule has 0 atom stereocenters. The van der Waals surface area contributed by atoms with Crippen molar-refractivity contribution in [3.8, 4) is 11.5 Å². The van der Waals surface area contributed by atoms with E-state index in [0.29, 0.717) is 11.4 Å². The Balaban J connectivity index is 3.60. The molecule has 0 radical (unpaired) electrons. The van der Waals surface area contributed by atoms with Crippen LogP contribution in [0.2, 0.25) is 0 Å². The molecular weight excluding hydrogens is 428 g/mol. The lowest BCUT2D eigenvalue weighted by molar-refractivity contribution is -0.118. The number of amides is 1. The average Bonchev–Trinajstić information content (AvgIpc) is 2.79. The van der Waals surface area contributed by atoms with Crippen molar-refractivity contribution < 1.29 is 22.7 Å². The van der Waals surface area contributed by atoms with Gasteiger partial charge in [-0.2, -0.15) is 0 Å². The minimum Gasteiger partial charge on any atom is -0.497 e. The van der Waals surface area contributed by atoms with Gasteiger partial charge in [0.1, 0.15) is 18.0 Å². The van der Waals surface area contributed by atoms with E-state index in [1.807, 2.05) is 19.9 Å². The second-order valence-electron chi connectivity index (χ2n) is 6.58. The molecule has 0 bridgehead atoms. The van der Waals surface area contributed by atoms with E-state index in [1.54, 1.807) is 44.2 Å². The van der Waals surface area contributed by atoms with E-state index >= 15 is 0 Å². The van der Waals surface area contributed by atoms with Crippen LogP contribution in [0, 0.1) is 0 Å². The van der Waals surface area contributed by atoms with Crippen LogP contribution in [0.1, 0.15) is 27.7 Å². The molecular formula is C24H32N2O5S. The van der Waals surface area contributed by atoms with Crippen molar-refractivity contribution in [2.75, 3.05) is 25.1 Å². The van der Waals surface area contributed by atoms with E-state index in [1.165, 1.54) is 32.4 Å². The monoisotopic (exact) mass is 460 g/mol. The number of sulfonamides is 1. The van der Waals surface area contributed by atoms with Gasteiger partial charge in [-0.05, 0) is 57.6 Å². The molecule has 1 aromatic carbocycles. The second kappa shape index (κ2) is 12.6. The zero-order valence-electron chi connectivity index (χ0n) is 19.5. The summed E-state index contributed by atoms with van der Waals surface area (Å²) in [6, 6.07) is 4.76. The van der Waals surface area contributed by atoms with Gasteiger partial charge >= 0.3 is 0 Å². The van der Waals surface area contributed by atoms with Gasteiger partial charge < -0.3 is 14.8 Å². The van der Waals surface area contributed by atoms with Crippen LogP contribution in [-0.2, 0) is 14.8 Å². The predicted molar refractivity (Wildman–Crippen MR) is 130 cm³/mol. The van der Waals surface area contributed by atoms with Crippen molar-refractivity contribution >= 4 is 21.6 Å². The number of nitrogens with one attached hydrogen (secondary N) is 1. The first kappa shape index (κ1) is 26.8. The number of ether oxygens (including phenoxy) is 2. The first-order valence-electron chi connectivity index (χ1n) is 9.99. The normalized spacial score (nSPS) is 13.1. The van der Waals surface area contributed by atoms with Gasteiger partial charge in [0.2, 0.25) is 5.91 Å². The van der Waals surface area contributed by atoms with Gasteiger partial charge in [-0.1, -0.05) is 30.9 Å². The first-order valence-corrected chi connectivity index (χ1v) is 11.4. The molecule has 32 heavy (non-hydrogen) atoms. The Kier molecular flexibility index (Phi) is 10.5. The molecule has 0 unspecified atom stereocenters. The lowest BCUT2D eigenvalue weighted by Crippen LogP contribution is -2.41. The zero-order valence-corrected chi connectivity index (χ0v) is 20.3. The number of anilines is 1. The maximum Gasteiger partial charge on any atom is 0.264 e. The summed E-state index contributed by atoms with van der Waals surface area (Å²) in [5.74, 6) is 0.180. The Hall–Kier alpha value is -3.26. The molecule has 1 N–H and O–H groups in total. The van der Waals surface area contributed by atoms with Gasteiger partial charge in [-0.25, -0.2) is 8.42 Å². The molecule has 0 spiro atoms. The lowest BCUT2D eigenvalue weighted by atomic mass is 10.2. The third-order valence-corrected chi connectivity index (χ3v) is 6.44. The van der Waals surface area contributed by atoms with Crippen molar-refractivity contribution in [2.24, 2.45) is 0 Å². The van der Waals surface area contributed by atoms with E-state index < -0.39 is 22.5 Å². The Morgan fingerprint density at radius 3 is 2.34 bits per heavy atom. The van der Waals surface area contributed by atoms with Crippen molar-refractivity contribution in [1.29, 1.82) is 0 Å². The van der Waals surface area contributed by atoms with Crippen LogP contribution >= 0.6 is 0 Å². The van der Waals surface area contributed by atoms with Gasteiger partial charge in [0.25, 0.3) is 10.0 Å². The third kappa shape index (κ3) is 6.62. The minimum absolute atomic E-state index is 0.0455. The summed E-state index contributed by atoms with van der Waals surface area (Å²) in [5.41, 5.74) is 1.53. The van der Waals surface area contributed by atoms with E-state index in [9.17, 15) is 13.2 Å². The van der Waals surface area contributed by atoms with Crippen LogP contribution in [0.4, 0.5) is 5.69 Å². The van der Waals surface area contributed by atoms with Crippen LogP contribution in [0.5, 0.6) is 11.5 Å². The number of carbonyl (C=O) groups is 1. The summed E-state index contributed by atoms with van der Waals surface area (Å²) in [6.07, 6.45) is 9.59. The zero-order chi connectivity index (χ0) is 24.3. The molecule has 0 aliphatic rings. The minimum atomic E-state index is -4.10. The molecule has 1 amide bonds. The Labute approximate surface area is 191 Å². The largest absolute Gasteiger partial charge is 0.497 e. The fraction of sp³-hybridized carbons (Fsp3) is 0.292. The average molecular weight is 461 g/mol. The highest BCUT2D eigenvalue weighted by atomic mass is 32.2. The van der Waals surface area contributed by atoms with Crippen LogP contribution < -0.4 is 19.1 Å². The number of hydrogen-bond donors (Lipinski definition) is 1. The predicted octanol–water partition coefficient (Wildman–Crippen LogP) is 4.47. The molecule has 7 nitrogen and oxygen atoms in total. The molecule has 0 heterocycles. The van der Waals surface area contributed by atoms with E-state index in [-0.39, 0.29) is 16.3 Å². The summed E-state index contributed by atoms with van der Waals surface area (Å²) < 4.78 is 38.8. The van der Waals surface area contributed by atoms with Gasteiger partial charge in [0.15, 0.2) is 0 Å². The van der Waals surface area contributed by atoms with Gasteiger partial charge in [-0.3, -0.25) is 9.10 Å². The highest BCUT2D eigenvalue weighted by molar-refractivity contribution is 7.96. The lowest BCUT2D eigenvalue weighted by Gasteiger charge is -2.26. The van der Waals surface area contributed by atoms with Crippen LogP contribution in [-0.4, -0.2) is 35.1 Å². The van der Waals surface area contributed by atoms with Crippen molar-refractivity contribution in [2.45, 2.75) is 27.7 Å². The maximum absolute atomic E-state index is 13.5. The molecule has 0 saturated carbocycles. The highest BCUT2D eigenvalue weighted by Gasteiger charge is 2.30. The first-order chi connectivity index (χ1) is 15.2. The molecule has 1 aromatic rings. The number of methoxy groups -OCH3 is 2. The maximum atomic E-state index is 13.5. The fourth-order valence-corrected chi connectivity index (χ4v) is 4.33. The standard InChI is InChI=1S/C24H32N2O5S/c1-8-12-20(11-4)32(28,29)26(22-16-19(30-6)14-15-23(22)31-7)17-24(27)25-21(13-9-2)18(5)10-3/h8-16H,2,17H2,1,3-7H3,(H,25,27)/b12-8-,18-10-,20-11+,21-13+. The molecule has 174 valence electrons. The molecule has 0 saturated heterocycles. The fourth-order valence-electron chi connectivity index (χ4n) is 2.78. The number of hydrogen-bond acceptors (Lipinski definition) is 5. The van der Waals surface area contributed by atoms with Crippen molar-refractivity contribution in [3.05, 3.63) is 77.4 Å². The van der Waals surface area contributed by atoms with Crippen LogP contribution in [0.25, 0.3) is 0 Å². The highest BCUT2D eigenvalue weighted by Crippen LogP contribution is 2.35. The Morgan fingerprint density at radius 1 is 1.16 bits per heavy atom. The molecule has 8 heteroatoms. The van der Waals surface area contributed by atoms with E-state index in [2.05, 4.69) is 11.9 Å². The molecule has 0 aromatic heterocycles. The number of nitrogens with zero attached hydrogens (tertiary/aromatic N) is 1. The van der Waals surface area contributed by atoms with Gasteiger partial charge in [0.05, 0.1) is 24.8 Å². The number of carbonyl (C=O) groups excluding carboxylic acids is 1. The van der Waals surface area contributed by atoms with Crippen molar-refractivity contribution in [1.82, 2.24) is 5.32 Å². The number of rotatable bonds is 11. The Bertz CT molecular complexity index is 1050. The smallest absolute Gasteiger partial charge is 0.264 e. The number of benzene rings is 1. The second-order valence-corrected chi connectivity index (χ2v) is 8.44. The van der Waals surface area contributed by atoms with E-state index in [4.69, 9.17) is 9.47 Å². The quantitative estimate of drug-likeness (QED) is 0.493. The summed E-state index contributed by atoms with van der Waals surface area (Å²) in [6.45, 7) is 10.2. The molecule has 1 rings (SSSR count). The summed E-state index contributed by atoms with van der Waals surface area (Å²) in [4.78, 5) is 13.0. The van der Waals surface area contributed by atoms with Gasteiger partial charge in [0, 0.05) is 11.8 Å². The number of allylic oxidation sites excluding steroid dienone is 7. The van der Waals surface area contributed by atoms with E-state index in [0.717, 1.165) is 9.88 Å². The third-order valence-electron chi connectivity index (χ3n) is 4.56. The summed E-state index contributed by atoms with van der Waals surface area (Å²) in [5, 5.41) is 2.76. The molecule has 0 fully saturated rings. The topological polar surface area (TPSA) is 84.9 Å². The summed E-state index contributed by atoms with van der Waals surface area (Å²) in [7, 11) is -1.20. The molecule has 0 aliphatic carbocycles. The molecule has 0 aliphatic heterocycles. The summed E-state index contributed by atoms with van der Waals surface area (Å²) >= 11 is 0.